The Morgan fingerprint density at radius 2 is 1.14 bits per heavy atom. The first-order chi connectivity index (χ1) is 32.3. The Morgan fingerprint density at radius 3 is 1.67 bits per heavy atom. The Bertz CT molecular complexity index is 2320. The summed E-state index contributed by atoms with van der Waals surface area (Å²) in [5, 5.41) is 14.4. The number of hydrogen-bond acceptors (Lipinski definition) is 17. The quantitative estimate of drug-likeness (QED) is 0.111. The van der Waals surface area contributed by atoms with Gasteiger partial charge in [-0.15, -0.1) is 0 Å². The van der Waals surface area contributed by atoms with Crippen LogP contribution in [0.3, 0.4) is 0 Å². The SMILES string of the molecule is COC(=O)CC[C@@H]1/C2=C(\C)C3=N[C@H]([C@H](CC(=O)OC)[C@@]3(C)CCC(=O)OC)[C@@]3(C)N=C(/C(C)=C4\N/C(=C\C(=N2)C1(C)C)[C@@H](CCC(=O)OC)[C@]4(C)CC(=O)O)[C@@H](CCC(=O)OC)[C@]3(C)CC(=O)OC. The lowest BCUT2D eigenvalue weighted by atomic mass is 9.55. The number of nitrogens with zero attached hydrogens (tertiary/aromatic N) is 3. The predicted octanol–water partition coefficient (Wildman–Crippen LogP) is 6.45. The zero-order valence-corrected chi connectivity index (χ0v) is 42.8. The summed E-state index contributed by atoms with van der Waals surface area (Å²) in [6.45, 7) is 15.4. The molecule has 0 spiro atoms. The van der Waals surface area contributed by atoms with Crippen LogP contribution in [0.2, 0.25) is 0 Å². The van der Waals surface area contributed by atoms with Crippen molar-refractivity contribution >= 4 is 58.9 Å². The Labute approximate surface area is 405 Å². The molecule has 0 unspecified atom stereocenters. The van der Waals surface area contributed by atoms with Gasteiger partial charge in [-0.3, -0.25) is 48.5 Å². The van der Waals surface area contributed by atoms with Crippen molar-refractivity contribution < 1.29 is 67.1 Å². The van der Waals surface area contributed by atoms with Crippen molar-refractivity contribution in [2.45, 2.75) is 138 Å². The molecule has 1 fully saturated rings. The molecular weight excluding hydrogens is 893 g/mol. The molecule has 380 valence electrons. The number of fused-ring (bicyclic) bond motifs is 6. The standard InChI is InChI=1S/C51H72N4O14/c1-27-42-30(16-19-37(59)65-10)47(3,4)34(53-42)24-33-29(15-18-36(58)64-9)49(6,25-35(56)57)45(52-33)28(2)43-31(17-20-38(60)66-11)50(7,26-41(63)69-14)51(8,55-43)46-32(23-40(62)68-13)48(5,44(27)54-46)22-21-39(61)67-12/h24,29-32,46,52H,15-23,25-26H2,1-14H3,(H,56,57)/b33-24-,42-27-,45-28-/t29-,30-,31-,32+,46-,48-,49+,50+,51-/m1/s1. The number of nitrogens with one attached hydrogen (secondary N) is 1. The van der Waals surface area contributed by atoms with Crippen LogP contribution in [0.15, 0.2) is 49.3 Å². The van der Waals surface area contributed by atoms with Crippen LogP contribution in [-0.4, -0.2) is 118 Å². The molecule has 0 radical (unpaired) electrons. The van der Waals surface area contributed by atoms with Crippen LogP contribution in [-0.2, 0) is 62.0 Å². The van der Waals surface area contributed by atoms with Crippen LogP contribution in [0.4, 0.5) is 0 Å². The number of ether oxygens (including phenoxy) is 6. The van der Waals surface area contributed by atoms with E-state index in [1.54, 1.807) is 0 Å². The average molecular weight is 965 g/mol. The van der Waals surface area contributed by atoms with Crippen LogP contribution in [0.5, 0.6) is 0 Å². The molecule has 0 saturated carbocycles. The molecule has 0 aliphatic carbocycles. The number of aliphatic carboxylic acids is 1. The minimum absolute atomic E-state index is 0.0329. The number of allylic oxidation sites excluding steroid dienone is 6. The lowest BCUT2D eigenvalue weighted by Crippen LogP contribution is -2.55. The third-order valence-corrected chi connectivity index (χ3v) is 16.6. The number of rotatable bonds is 18. The normalized spacial score (nSPS) is 33.8. The molecule has 0 aromatic carbocycles. The molecule has 69 heavy (non-hydrogen) atoms. The lowest BCUT2D eigenvalue weighted by Gasteiger charge is -2.48. The topological polar surface area (TPSA) is 244 Å². The third kappa shape index (κ3) is 9.90. The van der Waals surface area contributed by atoms with Gasteiger partial charge in [-0.2, -0.15) is 0 Å². The zero-order chi connectivity index (χ0) is 51.6. The molecule has 8 bridgehead atoms. The highest BCUT2D eigenvalue weighted by Gasteiger charge is 2.66. The van der Waals surface area contributed by atoms with Crippen molar-refractivity contribution in [1.82, 2.24) is 5.32 Å². The predicted molar refractivity (Wildman–Crippen MR) is 254 cm³/mol. The van der Waals surface area contributed by atoms with E-state index in [0.717, 1.165) is 0 Å². The molecule has 18 nitrogen and oxygen atoms in total. The van der Waals surface area contributed by atoms with Crippen LogP contribution < -0.4 is 5.32 Å². The number of methoxy groups -OCH3 is 6. The Morgan fingerprint density at radius 1 is 0.638 bits per heavy atom. The zero-order valence-electron chi connectivity index (χ0n) is 42.8. The van der Waals surface area contributed by atoms with Gasteiger partial charge in [0, 0.05) is 105 Å². The maximum Gasteiger partial charge on any atom is 0.306 e. The summed E-state index contributed by atoms with van der Waals surface area (Å²) in [4.78, 5) is 110. The molecule has 0 aromatic rings. The average Bonchev–Trinajstić information content (AvgIpc) is 3.92. The van der Waals surface area contributed by atoms with E-state index >= 15 is 0 Å². The maximum atomic E-state index is 13.9. The minimum Gasteiger partial charge on any atom is -0.481 e. The van der Waals surface area contributed by atoms with E-state index in [4.69, 9.17) is 43.4 Å². The fourth-order valence-electron chi connectivity index (χ4n) is 12.3. The molecule has 18 heteroatoms. The van der Waals surface area contributed by atoms with E-state index < -0.39 is 98.7 Å². The van der Waals surface area contributed by atoms with Crippen LogP contribution in [0, 0.1) is 45.3 Å². The first-order valence-corrected chi connectivity index (χ1v) is 23.6. The van der Waals surface area contributed by atoms with Gasteiger partial charge >= 0.3 is 41.8 Å². The van der Waals surface area contributed by atoms with Gasteiger partial charge in [-0.1, -0.05) is 34.6 Å². The number of hydrogen-bond donors (Lipinski definition) is 2. The molecule has 9 atom stereocenters. The van der Waals surface area contributed by atoms with Crippen molar-refractivity contribution in [3.05, 3.63) is 34.3 Å². The van der Waals surface area contributed by atoms with Gasteiger partial charge in [-0.05, 0) is 63.7 Å². The highest BCUT2D eigenvalue weighted by molar-refractivity contribution is 6.10. The van der Waals surface area contributed by atoms with Crippen molar-refractivity contribution in [2.75, 3.05) is 42.7 Å². The van der Waals surface area contributed by atoms with Crippen molar-refractivity contribution in [1.29, 1.82) is 0 Å². The van der Waals surface area contributed by atoms with Gasteiger partial charge < -0.3 is 38.8 Å². The molecule has 5 aliphatic rings. The molecule has 5 heterocycles. The Kier molecular flexibility index (Phi) is 16.3. The minimum atomic E-state index is -1.39. The molecule has 0 aromatic heterocycles. The smallest absolute Gasteiger partial charge is 0.306 e. The second-order valence-electron chi connectivity index (χ2n) is 20.6. The van der Waals surface area contributed by atoms with Gasteiger partial charge in [0.25, 0.3) is 0 Å². The number of carbonyl (C=O) groups is 7. The van der Waals surface area contributed by atoms with Crippen LogP contribution in [0.1, 0.15) is 126 Å². The Hall–Kier alpha value is -5.68. The Balaban J connectivity index is 2.04. The summed E-state index contributed by atoms with van der Waals surface area (Å²) < 4.78 is 31.3. The number of aliphatic imine (C=N–C) groups is 3. The van der Waals surface area contributed by atoms with Crippen molar-refractivity contribution in [2.24, 2.45) is 60.3 Å². The van der Waals surface area contributed by atoms with Gasteiger partial charge in [-0.25, -0.2) is 0 Å². The van der Waals surface area contributed by atoms with E-state index in [9.17, 15) is 38.7 Å². The third-order valence-electron chi connectivity index (χ3n) is 16.6. The lowest BCUT2D eigenvalue weighted by molar-refractivity contribution is -0.147. The number of carboxylic acid groups (broad SMARTS) is 1. The fourth-order valence-corrected chi connectivity index (χ4v) is 12.3. The molecule has 5 aliphatic heterocycles. The van der Waals surface area contributed by atoms with E-state index in [0.29, 0.717) is 51.8 Å². The van der Waals surface area contributed by atoms with E-state index in [-0.39, 0.29) is 64.2 Å². The van der Waals surface area contributed by atoms with Crippen molar-refractivity contribution in [3.8, 4) is 0 Å². The highest BCUT2D eigenvalue weighted by atomic mass is 16.5. The summed E-state index contributed by atoms with van der Waals surface area (Å²) >= 11 is 0. The maximum absolute atomic E-state index is 13.9. The monoisotopic (exact) mass is 965 g/mol. The first-order valence-electron chi connectivity index (χ1n) is 23.6. The second kappa shape index (κ2) is 20.7. The van der Waals surface area contributed by atoms with E-state index in [2.05, 4.69) is 5.32 Å². The molecule has 2 N–H and O–H groups in total. The van der Waals surface area contributed by atoms with E-state index in [1.807, 2.05) is 61.5 Å². The van der Waals surface area contributed by atoms with Gasteiger partial charge in [0.15, 0.2) is 0 Å². The van der Waals surface area contributed by atoms with E-state index in [1.165, 1.54) is 42.7 Å². The summed E-state index contributed by atoms with van der Waals surface area (Å²) in [5.74, 6) is -6.51. The number of carbonyl (C=O) groups excluding carboxylic acids is 6. The van der Waals surface area contributed by atoms with Crippen molar-refractivity contribution in [3.63, 3.8) is 0 Å². The first kappa shape index (κ1) is 54.3. The molecule has 0 amide bonds. The summed E-state index contributed by atoms with van der Waals surface area (Å²) in [5.41, 5.74) is -1.05. The fraction of sp³-hybridized carbons (Fsp3) is 0.686. The summed E-state index contributed by atoms with van der Waals surface area (Å²) in [6.07, 6.45) is 1.88. The van der Waals surface area contributed by atoms with Gasteiger partial charge in [0.1, 0.15) is 0 Å². The van der Waals surface area contributed by atoms with Crippen LogP contribution >= 0.6 is 0 Å². The second-order valence-corrected chi connectivity index (χ2v) is 20.6. The summed E-state index contributed by atoms with van der Waals surface area (Å²) in [6, 6.07) is -0.907. The number of esters is 6. The molecule has 1 saturated heterocycles. The number of carboxylic acids is 1. The summed E-state index contributed by atoms with van der Waals surface area (Å²) in [7, 11) is 7.81. The molecular formula is C51H72N4O14. The van der Waals surface area contributed by atoms with Gasteiger partial charge in [0.2, 0.25) is 0 Å². The van der Waals surface area contributed by atoms with Gasteiger partial charge in [0.05, 0.1) is 73.5 Å². The van der Waals surface area contributed by atoms with Crippen LogP contribution in [0.25, 0.3) is 0 Å². The molecule has 5 rings (SSSR count). The highest BCUT2D eigenvalue weighted by Crippen LogP contribution is 2.62. The largest absolute Gasteiger partial charge is 0.481 e.